The Bertz CT molecular complexity index is 1160. The first-order valence-electron chi connectivity index (χ1n) is 11.0. The topological polar surface area (TPSA) is 35.6 Å². The predicted molar refractivity (Wildman–Crippen MR) is 132 cm³/mol. The van der Waals surface area contributed by atoms with E-state index < -0.39 is 0 Å². The van der Waals surface area contributed by atoms with Crippen LogP contribution in [0.5, 0.6) is 0 Å². The van der Waals surface area contributed by atoms with Crippen LogP contribution in [0, 0.1) is 0 Å². The van der Waals surface area contributed by atoms with Crippen LogP contribution in [0.4, 0.5) is 5.69 Å². The van der Waals surface area contributed by atoms with Crippen LogP contribution >= 0.6 is 23.2 Å². The third kappa shape index (κ3) is 4.23. The minimum absolute atomic E-state index is 0.00639. The number of fused-ring (bicyclic) bond motifs is 3. The molecule has 0 saturated carbocycles. The monoisotopic (exact) mass is 465 g/mol. The molecule has 1 aliphatic carbocycles. The van der Waals surface area contributed by atoms with Gasteiger partial charge in [0.05, 0.1) is 15.7 Å². The number of halogens is 2. The third-order valence-corrected chi connectivity index (χ3v) is 7.22. The number of benzene rings is 3. The predicted octanol–water partition coefficient (Wildman–Crippen LogP) is 5.12. The van der Waals surface area contributed by atoms with Gasteiger partial charge in [0, 0.05) is 44.8 Å². The zero-order chi connectivity index (χ0) is 22.1. The summed E-state index contributed by atoms with van der Waals surface area (Å²) in [4.78, 5) is 17.3. The zero-order valence-electron chi connectivity index (χ0n) is 17.8. The first-order chi connectivity index (χ1) is 15.6. The molecule has 0 unspecified atom stereocenters. The molecule has 0 atom stereocenters. The van der Waals surface area contributed by atoms with E-state index in [0.717, 1.165) is 50.4 Å². The maximum Gasteiger partial charge on any atom is 0.251 e. The smallest absolute Gasteiger partial charge is 0.251 e. The Morgan fingerprint density at radius 3 is 2.50 bits per heavy atom. The van der Waals surface area contributed by atoms with Gasteiger partial charge in [-0.25, -0.2) is 0 Å². The number of piperazine rings is 1. The highest BCUT2D eigenvalue weighted by atomic mass is 35.5. The maximum absolute atomic E-state index is 12.7. The van der Waals surface area contributed by atoms with Crippen molar-refractivity contribution in [3.05, 3.63) is 87.4 Å². The Balaban J connectivity index is 1.12. The van der Waals surface area contributed by atoms with Crippen molar-refractivity contribution in [2.45, 2.75) is 6.42 Å². The molecule has 6 heteroatoms. The van der Waals surface area contributed by atoms with E-state index in [-0.39, 0.29) is 5.91 Å². The number of anilines is 1. The molecule has 3 aromatic carbocycles. The molecule has 1 heterocycles. The van der Waals surface area contributed by atoms with E-state index in [1.807, 2.05) is 30.3 Å². The summed E-state index contributed by atoms with van der Waals surface area (Å²) in [6.45, 7) is 5.09. The molecule has 1 N–H and O–H groups in total. The van der Waals surface area contributed by atoms with Gasteiger partial charge < -0.3 is 10.2 Å². The summed E-state index contributed by atoms with van der Waals surface area (Å²) in [5, 5.41) is 4.29. The van der Waals surface area contributed by atoms with Crippen LogP contribution in [-0.2, 0) is 6.42 Å². The quantitative estimate of drug-likeness (QED) is 0.444. The highest BCUT2D eigenvalue weighted by Gasteiger charge is 2.21. The van der Waals surface area contributed by atoms with Crippen molar-refractivity contribution >= 4 is 34.8 Å². The van der Waals surface area contributed by atoms with E-state index in [9.17, 15) is 4.79 Å². The van der Waals surface area contributed by atoms with Crippen molar-refractivity contribution in [2.24, 2.45) is 0 Å². The highest BCUT2D eigenvalue weighted by Crippen LogP contribution is 2.36. The lowest BCUT2D eigenvalue weighted by Gasteiger charge is -2.36. The first kappa shape index (κ1) is 21.3. The van der Waals surface area contributed by atoms with Crippen LogP contribution in [0.1, 0.15) is 21.5 Å². The molecule has 1 fully saturated rings. The lowest BCUT2D eigenvalue weighted by molar-refractivity contribution is 0.0947. The molecular formula is C26H25Cl2N3O. The van der Waals surface area contributed by atoms with Gasteiger partial charge in [-0.1, -0.05) is 59.6 Å². The fourth-order valence-corrected chi connectivity index (χ4v) is 5.08. The minimum atomic E-state index is -0.00639. The van der Waals surface area contributed by atoms with Crippen molar-refractivity contribution in [2.75, 3.05) is 44.2 Å². The van der Waals surface area contributed by atoms with E-state index in [0.29, 0.717) is 16.6 Å². The number of hydrogen-bond acceptors (Lipinski definition) is 3. The summed E-state index contributed by atoms with van der Waals surface area (Å²) in [6, 6.07) is 20.3. The van der Waals surface area contributed by atoms with Gasteiger partial charge in [-0.05, 0) is 52.9 Å². The van der Waals surface area contributed by atoms with Crippen molar-refractivity contribution in [1.29, 1.82) is 0 Å². The Morgan fingerprint density at radius 1 is 0.875 bits per heavy atom. The minimum Gasteiger partial charge on any atom is -0.368 e. The first-order valence-corrected chi connectivity index (χ1v) is 11.8. The molecule has 0 radical (unpaired) electrons. The van der Waals surface area contributed by atoms with Crippen molar-refractivity contribution in [1.82, 2.24) is 10.2 Å². The van der Waals surface area contributed by atoms with Gasteiger partial charge in [0.25, 0.3) is 5.91 Å². The summed E-state index contributed by atoms with van der Waals surface area (Å²) in [5.41, 5.74) is 6.82. The van der Waals surface area contributed by atoms with Crippen LogP contribution in [0.3, 0.4) is 0 Å². The fraction of sp³-hybridized carbons (Fsp3) is 0.269. The van der Waals surface area contributed by atoms with Crippen molar-refractivity contribution in [3.8, 4) is 11.1 Å². The molecule has 164 valence electrons. The number of amides is 1. The van der Waals surface area contributed by atoms with E-state index >= 15 is 0 Å². The Kier molecular flexibility index (Phi) is 6.09. The average molecular weight is 466 g/mol. The number of nitrogens with one attached hydrogen (secondary N) is 1. The highest BCUT2D eigenvalue weighted by molar-refractivity contribution is 6.43. The molecule has 5 rings (SSSR count). The van der Waals surface area contributed by atoms with Crippen LogP contribution in [0.2, 0.25) is 10.0 Å². The summed E-state index contributed by atoms with van der Waals surface area (Å²) in [5.74, 6) is -0.00639. The van der Waals surface area contributed by atoms with Gasteiger partial charge in [0.15, 0.2) is 0 Å². The molecule has 1 saturated heterocycles. The third-order valence-electron chi connectivity index (χ3n) is 6.41. The van der Waals surface area contributed by atoms with Gasteiger partial charge in [-0.2, -0.15) is 0 Å². The summed E-state index contributed by atoms with van der Waals surface area (Å²) < 4.78 is 0. The standard InChI is InChI=1S/C26H25Cl2N3O/c27-23-6-3-7-24(25(23)28)31-14-12-30(13-15-31)11-10-29-26(32)19-8-9-22-20(17-19)16-18-4-1-2-5-21(18)22/h1-9,17H,10-16H2,(H,29,32). The normalized spacial score (nSPS) is 15.4. The van der Waals surface area contributed by atoms with Gasteiger partial charge in [-0.3, -0.25) is 9.69 Å². The van der Waals surface area contributed by atoms with Gasteiger partial charge in [0.1, 0.15) is 0 Å². The number of nitrogens with zero attached hydrogens (tertiary/aromatic N) is 2. The van der Waals surface area contributed by atoms with Crippen molar-refractivity contribution < 1.29 is 4.79 Å². The second-order valence-electron chi connectivity index (χ2n) is 8.36. The lowest BCUT2D eigenvalue weighted by atomic mass is 10.0. The Hall–Kier alpha value is -2.53. The van der Waals surface area contributed by atoms with E-state index in [4.69, 9.17) is 23.2 Å². The van der Waals surface area contributed by atoms with Gasteiger partial charge in [-0.15, -0.1) is 0 Å². The molecule has 3 aromatic rings. The van der Waals surface area contributed by atoms with E-state index in [1.54, 1.807) is 0 Å². The zero-order valence-corrected chi connectivity index (χ0v) is 19.3. The van der Waals surface area contributed by atoms with Crippen molar-refractivity contribution in [3.63, 3.8) is 0 Å². The van der Waals surface area contributed by atoms with Crippen LogP contribution in [0.15, 0.2) is 60.7 Å². The van der Waals surface area contributed by atoms with Gasteiger partial charge in [0.2, 0.25) is 0 Å². The average Bonchev–Trinajstić information content (AvgIpc) is 3.19. The fourth-order valence-electron chi connectivity index (χ4n) is 4.66. The summed E-state index contributed by atoms with van der Waals surface area (Å²) >= 11 is 12.5. The molecule has 1 aliphatic heterocycles. The molecule has 0 spiro atoms. The molecule has 1 amide bonds. The molecule has 32 heavy (non-hydrogen) atoms. The second-order valence-corrected chi connectivity index (χ2v) is 9.15. The number of carbonyl (C=O) groups is 1. The largest absolute Gasteiger partial charge is 0.368 e. The van der Waals surface area contributed by atoms with Gasteiger partial charge >= 0.3 is 0 Å². The number of carbonyl (C=O) groups excluding carboxylic acids is 1. The summed E-state index contributed by atoms with van der Waals surface area (Å²) in [6.07, 6.45) is 0.896. The lowest BCUT2D eigenvalue weighted by Crippen LogP contribution is -2.48. The maximum atomic E-state index is 12.7. The van der Waals surface area contributed by atoms with E-state index in [2.05, 4.69) is 45.4 Å². The molecule has 0 aromatic heterocycles. The summed E-state index contributed by atoms with van der Waals surface area (Å²) in [7, 11) is 0. The molecule has 0 bridgehead atoms. The van der Waals surface area contributed by atoms with Crippen LogP contribution in [0.25, 0.3) is 11.1 Å². The number of hydrogen-bond donors (Lipinski definition) is 1. The Morgan fingerprint density at radius 2 is 1.66 bits per heavy atom. The second kappa shape index (κ2) is 9.14. The molecule has 4 nitrogen and oxygen atoms in total. The SMILES string of the molecule is O=C(NCCN1CCN(c2cccc(Cl)c2Cl)CC1)c1ccc2c(c1)Cc1ccccc1-2. The Labute approximate surface area is 198 Å². The number of rotatable bonds is 5. The molecule has 2 aliphatic rings. The molecular weight excluding hydrogens is 441 g/mol. The van der Waals surface area contributed by atoms with Crippen LogP contribution in [-0.4, -0.2) is 50.1 Å². The van der Waals surface area contributed by atoms with Crippen LogP contribution < -0.4 is 10.2 Å². The van der Waals surface area contributed by atoms with E-state index in [1.165, 1.54) is 22.3 Å².